The molecule has 0 aromatic rings. The molecule has 0 saturated carbocycles. The van der Waals surface area contributed by atoms with Gasteiger partial charge in [-0.05, 0) is 12.8 Å². The molecule has 0 aliphatic carbocycles. The number of ketones is 1. The lowest BCUT2D eigenvalue weighted by atomic mass is 9.96. The number of amides is 2. The van der Waals surface area contributed by atoms with Crippen molar-refractivity contribution in [2.24, 2.45) is 11.7 Å². The van der Waals surface area contributed by atoms with Crippen LogP contribution in [0.5, 0.6) is 0 Å². The fourth-order valence-electron chi connectivity index (χ4n) is 5.46. The van der Waals surface area contributed by atoms with Gasteiger partial charge in [0, 0.05) is 12.3 Å². The van der Waals surface area contributed by atoms with Crippen molar-refractivity contribution in [3.05, 3.63) is 0 Å². The predicted molar refractivity (Wildman–Crippen MR) is 162 cm³/mol. The number of Topliss-reactive ketones (excluding diaryl/α,β-unsaturated/α-hetero) is 1. The number of nitrogens with one attached hydrogen (secondary N) is 2. The third kappa shape index (κ3) is 11.4. The SMILES string of the molecule is CCCCCCCCC(N)C(=O)NC(CCC(=O)N[C@@H]1OC(CO)[C@@H](O[C@@H]2OC(CO)[C@H](O)[C@H](O)C2O)[C@H](O)C1O)C(=O)C(C)C. The number of carbonyl (C=O) groups excluding carboxylic acids is 3. The number of aliphatic hydroxyl groups is 7. The Balaban J connectivity index is 1.95. The van der Waals surface area contributed by atoms with Gasteiger partial charge in [0.05, 0.1) is 25.3 Å². The Morgan fingerprint density at radius 2 is 1.43 bits per heavy atom. The fourth-order valence-corrected chi connectivity index (χ4v) is 5.46. The summed E-state index contributed by atoms with van der Waals surface area (Å²) in [5.74, 6) is -1.90. The molecule has 12 atom stereocenters. The van der Waals surface area contributed by atoms with Gasteiger partial charge in [-0.2, -0.15) is 0 Å². The van der Waals surface area contributed by atoms with Gasteiger partial charge in [0.15, 0.2) is 18.3 Å². The van der Waals surface area contributed by atoms with Gasteiger partial charge in [0.1, 0.15) is 48.8 Å². The summed E-state index contributed by atoms with van der Waals surface area (Å²) in [5, 5.41) is 76.1. The molecule has 16 heteroatoms. The first-order chi connectivity index (χ1) is 21.8. The molecule has 16 nitrogen and oxygen atoms in total. The highest BCUT2D eigenvalue weighted by Crippen LogP contribution is 2.28. The van der Waals surface area contributed by atoms with Gasteiger partial charge in [-0.15, -0.1) is 0 Å². The lowest BCUT2D eigenvalue weighted by Gasteiger charge is -2.46. The first-order valence-electron chi connectivity index (χ1n) is 16.2. The minimum atomic E-state index is -1.81. The summed E-state index contributed by atoms with van der Waals surface area (Å²) in [6, 6.07) is -1.79. The molecule has 11 N–H and O–H groups in total. The van der Waals surface area contributed by atoms with Crippen molar-refractivity contribution in [1.82, 2.24) is 10.6 Å². The molecule has 268 valence electrons. The zero-order chi connectivity index (χ0) is 34.6. The molecule has 2 fully saturated rings. The average Bonchev–Trinajstić information content (AvgIpc) is 3.03. The topological polar surface area (TPSA) is 271 Å². The Hall–Kier alpha value is -1.83. The van der Waals surface area contributed by atoms with E-state index >= 15 is 0 Å². The highest BCUT2D eigenvalue weighted by molar-refractivity contribution is 5.92. The molecule has 0 spiro atoms. The summed E-state index contributed by atoms with van der Waals surface area (Å²) in [6.07, 6.45) is -9.89. The van der Waals surface area contributed by atoms with E-state index in [4.69, 9.17) is 19.9 Å². The number of hydrogen-bond donors (Lipinski definition) is 10. The molecule has 0 radical (unpaired) electrons. The average molecular weight is 666 g/mol. The van der Waals surface area contributed by atoms with E-state index in [1.165, 1.54) is 0 Å². The van der Waals surface area contributed by atoms with Crippen molar-refractivity contribution in [3.8, 4) is 0 Å². The molecule has 2 rings (SSSR count). The van der Waals surface area contributed by atoms with Crippen molar-refractivity contribution in [1.29, 1.82) is 0 Å². The van der Waals surface area contributed by atoms with Gasteiger partial charge in [0.2, 0.25) is 11.8 Å². The van der Waals surface area contributed by atoms with Crippen LogP contribution in [0.4, 0.5) is 0 Å². The van der Waals surface area contributed by atoms with Crippen LogP contribution in [0.2, 0.25) is 0 Å². The Morgan fingerprint density at radius 3 is 2.04 bits per heavy atom. The second-order valence-electron chi connectivity index (χ2n) is 12.4. The summed E-state index contributed by atoms with van der Waals surface area (Å²) < 4.78 is 16.4. The summed E-state index contributed by atoms with van der Waals surface area (Å²) in [5.41, 5.74) is 6.06. The molecule has 2 amide bonds. The highest BCUT2D eigenvalue weighted by Gasteiger charge is 2.50. The van der Waals surface area contributed by atoms with E-state index in [2.05, 4.69) is 17.6 Å². The second-order valence-corrected chi connectivity index (χ2v) is 12.4. The minimum absolute atomic E-state index is 0.0734. The smallest absolute Gasteiger partial charge is 0.237 e. The van der Waals surface area contributed by atoms with Crippen LogP contribution in [-0.2, 0) is 28.6 Å². The molecular formula is C30H55N3O13. The maximum Gasteiger partial charge on any atom is 0.237 e. The standard InChI is InChI=1S/C30H55N3O13/c1-4-5-6-7-8-9-10-16(31)28(43)32-17(21(37)15(2)3)11-12-20(36)33-29-25(41)24(40)27(19(14-35)44-29)46-30-26(42)23(39)22(38)18(13-34)45-30/h15-19,22-27,29-30,34-35,38-42H,4-14,31H2,1-3H3,(H,32,43)(H,33,36)/t16?,17?,18?,19?,22-,23-,24+,25?,26?,27+,29+,30-/m0/s1. The van der Waals surface area contributed by atoms with E-state index in [-0.39, 0.29) is 18.6 Å². The highest BCUT2D eigenvalue weighted by atomic mass is 16.7. The Kier molecular flexibility index (Phi) is 17.4. The first kappa shape index (κ1) is 40.3. The number of nitrogens with two attached hydrogens (primary N) is 1. The molecule has 0 bridgehead atoms. The summed E-state index contributed by atoms with van der Waals surface area (Å²) in [6.45, 7) is 3.97. The van der Waals surface area contributed by atoms with Crippen LogP contribution in [0.25, 0.3) is 0 Å². The lowest BCUT2D eigenvalue weighted by Crippen LogP contribution is -2.66. The van der Waals surface area contributed by atoms with Crippen LogP contribution in [-0.4, -0.2) is 140 Å². The number of rotatable bonds is 19. The predicted octanol–water partition coefficient (Wildman–Crippen LogP) is -2.71. The van der Waals surface area contributed by atoms with Gasteiger partial charge in [-0.1, -0.05) is 59.3 Å². The zero-order valence-corrected chi connectivity index (χ0v) is 26.9. The maximum absolute atomic E-state index is 12.8. The van der Waals surface area contributed by atoms with Crippen molar-refractivity contribution in [2.45, 2.75) is 152 Å². The lowest BCUT2D eigenvalue weighted by molar-refractivity contribution is -0.343. The van der Waals surface area contributed by atoms with Gasteiger partial charge in [-0.3, -0.25) is 14.4 Å². The van der Waals surface area contributed by atoms with Crippen LogP contribution in [0.3, 0.4) is 0 Å². The van der Waals surface area contributed by atoms with Crippen molar-refractivity contribution in [3.63, 3.8) is 0 Å². The normalized spacial score (nSPS) is 33.0. The van der Waals surface area contributed by atoms with Crippen LogP contribution in [0, 0.1) is 5.92 Å². The van der Waals surface area contributed by atoms with Crippen LogP contribution in [0.1, 0.15) is 78.6 Å². The van der Waals surface area contributed by atoms with Gasteiger partial charge >= 0.3 is 0 Å². The van der Waals surface area contributed by atoms with Gasteiger partial charge in [0.25, 0.3) is 0 Å². The van der Waals surface area contributed by atoms with E-state index in [1.807, 2.05) is 0 Å². The minimum Gasteiger partial charge on any atom is -0.394 e. The van der Waals surface area contributed by atoms with Crippen LogP contribution < -0.4 is 16.4 Å². The summed E-state index contributed by atoms with van der Waals surface area (Å²) >= 11 is 0. The van der Waals surface area contributed by atoms with Crippen LogP contribution in [0.15, 0.2) is 0 Å². The first-order valence-corrected chi connectivity index (χ1v) is 16.2. The van der Waals surface area contributed by atoms with E-state index in [1.54, 1.807) is 13.8 Å². The van der Waals surface area contributed by atoms with Gasteiger partial charge < -0.3 is 66.3 Å². The molecule has 0 aromatic carbocycles. The van der Waals surface area contributed by atoms with Crippen LogP contribution >= 0.6 is 0 Å². The monoisotopic (exact) mass is 665 g/mol. The molecule has 46 heavy (non-hydrogen) atoms. The van der Waals surface area contributed by atoms with E-state index in [9.17, 15) is 50.1 Å². The fraction of sp³-hybridized carbons (Fsp3) is 0.900. The van der Waals surface area contributed by atoms with Crippen molar-refractivity contribution in [2.75, 3.05) is 13.2 Å². The Morgan fingerprint density at radius 1 is 0.804 bits per heavy atom. The molecule has 2 aliphatic rings. The van der Waals surface area contributed by atoms with E-state index < -0.39 is 104 Å². The number of ether oxygens (including phenoxy) is 3. The zero-order valence-electron chi connectivity index (χ0n) is 26.9. The third-order valence-electron chi connectivity index (χ3n) is 8.40. The summed E-state index contributed by atoms with van der Waals surface area (Å²) in [7, 11) is 0. The molecular weight excluding hydrogens is 610 g/mol. The molecule has 0 aromatic heterocycles. The Labute approximate surface area is 269 Å². The van der Waals surface area contributed by atoms with Gasteiger partial charge in [-0.25, -0.2) is 0 Å². The molecule has 2 heterocycles. The van der Waals surface area contributed by atoms with E-state index in [0.29, 0.717) is 6.42 Å². The number of unbranched alkanes of at least 4 members (excludes halogenated alkanes) is 5. The Bertz CT molecular complexity index is 940. The largest absolute Gasteiger partial charge is 0.394 e. The molecule has 6 unspecified atom stereocenters. The molecule has 2 aliphatic heterocycles. The number of aliphatic hydroxyl groups excluding tert-OH is 7. The van der Waals surface area contributed by atoms with E-state index in [0.717, 1.165) is 38.5 Å². The van der Waals surface area contributed by atoms with Crippen molar-refractivity contribution < 1.29 is 64.3 Å². The summed E-state index contributed by atoms with van der Waals surface area (Å²) in [4.78, 5) is 38.4. The third-order valence-corrected chi connectivity index (χ3v) is 8.40. The maximum atomic E-state index is 12.8. The number of hydrogen-bond acceptors (Lipinski definition) is 14. The number of carbonyl (C=O) groups is 3. The quantitative estimate of drug-likeness (QED) is 0.0629. The second kappa shape index (κ2) is 19.9. The molecule has 2 saturated heterocycles. The van der Waals surface area contributed by atoms with Crippen molar-refractivity contribution >= 4 is 17.6 Å².